The molecule has 0 aliphatic heterocycles. The molecular weight excluding hydrogens is 384 g/mol. The second kappa shape index (κ2) is 8.94. The molecule has 2 aromatic rings. The van der Waals surface area contributed by atoms with Gasteiger partial charge in [0.25, 0.3) is 0 Å². The van der Waals surface area contributed by atoms with E-state index in [0.717, 1.165) is 22.6 Å². The van der Waals surface area contributed by atoms with Gasteiger partial charge in [-0.25, -0.2) is 0 Å². The first kappa shape index (κ1) is 21.9. The van der Waals surface area contributed by atoms with Gasteiger partial charge in [-0.2, -0.15) is 0 Å². The van der Waals surface area contributed by atoms with E-state index in [1.54, 1.807) is 42.7 Å². The van der Waals surface area contributed by atoms with Crippen LogP contribution < -0.4 is 28.4 Å². The number of hydrogen-bond donors (Lipinski definition) is 0. The van der Waals surface area contributed by atoms with Gasteiger partial charge in [0.1, 0.15) is 11.5 Å². The van der Waals surface area contributed by atoms with Gasteiger partial charge in [0.05, 0.1) is 42.7 Å². The number of methoxy groups -OCH3 is 6. The molecule has 3 rings (SSSR count). The van der Waals surface area contributed by atoms with E-state index in [1.807, 2.05) is 24.3 Å². The summed E-state index contributed by atoms with van der Waals surface area (Å²) < 4.78 is 33.5. The van der Waals surface area contributed by atoms with Gasteiger partial charge in [0, 0.05) is 23.3 Å². The molecule has 0 spiro atoms. The van der Waals surface area contributed by atoms with Crippen molar-refractivity contribution in [2.45, 2.75) is 25.7 Å². The summed E-state index contributed by atoms with van der Waals surface area (Å²) in [5.74, 6) is 5.61. The summed E-state index contributed by atoms with van der Waals surface area (Å²) in [7, 11) is 9.92. The SMILES string of the molecule is COc1cc(OC)c([C@@H]2[C@@H](C)[C@H](C)[C@H]2c2cc(OC)c(OC)cc2OC)cc1OC. The third kappa shape index (κ3) is 3.48. The summed E-state index contributed by atoms with van der Waals surface area (Å²) in [5.41, 5.74) is 2.20. The second-order valence-corrected chi connectivity index (χ2v) is 7.67. The summed E-state index contributed by atoms with van der Waals surface area (Å²) in [6.45, 7) is 4.55. The highest BCUT2D eigenvalue weighted by Crippen LogP contribution is 2.61. The van der Waals surface area contributed by atoms with Gasteiger partial charge in [-0.05, 0) is 35.8 Å². The van der Waals surface area contributed by atoms with Crippen LogP contribution in [0.15, 0.2) is 24.3 Å². The highest BCUT2D eigenvalue weighted by atomic mass is 16.5. The summed E-state index contributed by atoms with van der Waals surface area (Å²) in [5, 5.41) is 0. The fourth-order valence-corrected chi connectivity index (χ4v) is 4.74. The number of hydrogen-bond acceptors (Lipinski definition) is 6. The summed E-state index contributed by atoms with van der Waals surface area (Å²) in [6.07, 6.45) is 0. The molecule has 164 valence electrons. The molecule has 2 aromatic carbocycles. The topological polar surface area (TPSA) is 55.4 Å². The Labute approximate surface area is 179 Å². The normalized spacial score (nSPS) is 22.7. The highest BCUT2D eigenvalue weighted by Gasteiger charge is 2.49. The monoisotopic (exact) mass is 416 g/mol. The molecule has 0 radical (unpaired) electrons. The Morgan fingerprint density at radius 1 is 0.433 bits per heavy atom. The Balaban J connectivity index is 2.14. The van der Waals surface area contributed by atoms with Crippen LogP contribution in [0.4, 0.5) is 0 Å². The molecule has 0 bridgehead atoms. The van der Waals surface area contributed by atoms with Crippen molar-refractivity contribution >= 4 is 0 Å². The maximum absolute atomic E-state index is 5.74. The van der Waals surface area contributed by atoms with E-state index in [0.29, 0.717) is 34.8 Å². The Morgan fingerprint density at radius 2 is 0.700 bits per heavy atom. The summed E-state index contributed by atoms with van der Waals surface area (Å²) in [6, 6.07) is 7.86. The molecule has 6 heteroatoms. The lowest BCUT2D eigenvalue weighted by atomic mass is 9.53. The van der Waals surface area contributed by atoms with Crippen molar-refractivity contribution in [2.24, 2.45) is 11.8 Å². The van der Waals surface area contributed by atoms with Gasteiger partial charge >= 0.3 is 0 Å². The number of benzene rings is 2. The highest BCUT2D eigenvalue weighted by molar-refractivity contribution is 5.57. The largest absolute Gasteiger partial charge is 0.496 e. The molecule has 0 aromatic heterocycles. The van der Waals surface area contributed by atoms with E-state index < -0.39 is 0 Å². The van der Waals surface area contributed by atoms with Gasteiger partial charge in [-0.3, -0.25) is 0 Å². The average molecular weight is 417 g/mol. The standard InChI is InChI=1S/C24H32O6/c1-13-14(2)24(16-10-20(28-6)22(30-8)12-18(16)26-4)23(13)15-9-19(27-5)21(29-7)11-17(15)25-3/h9-14,23-24H,1-8H3/t13-,14-,23-,24-/m0/s1. The molecule has 0 heterocycles. The first-order valence-electron chi connectivity index (χ1n) is 10.0. The third-order valence-corrected chi connectivity index (χ3v) is 6.54. The van der Waals surface area contributed by atoms with E-state index in [1.165, 1.54) is 0 Å². The zero-order valence-electron chi connectivity index (χ0n) is 19.1. The van der Waals surface area contributed by atoms with Crippen molar-refractivity contribution in [3.63, 3.8) is 0 Å². The first-order chi connectivity index (χ1) is 14.4. The summed E-state index contributed by atoms with van der Waals surface area (Å²) in [4.78, 5) is 0. The lowest BCUT2D eigenvalue weighted by Gasteiger charge is -2.50. The Bertz CT molecular complexity index is 820. The smallest absolute Gasteiger partial charge is 0.164 e. The van der Waals surface area contributed by atoms with Crippen molar-refractivity contribution in [3.05, 3.63) is 35.4 Å². The zero-order valence-corrected chi connectivity index (χ0v) is 19.1. The average Bonchev–Trinajstić information content (AvgIpc) is 2.79. The predicted octanol–water partition coefficient (Wildman–Crippen LogP) is 4.89. The Hall–Kier alpha value is -2.76. The van der Waals surface area contributed by atoms with E-state index in [2.05, 4.69) is 13.8 Å². The van der Waals surface area contributed by atoms with Crippen molar-refractivity contribution in [1.82, 2.24) is 0 Å². The fraction of sp³-hybridized carbons (Fsp3) is 0.500. The van der Waals surface area contributed by atoms with Crippen LogP contribution in [0.2, 0.25) is 0 Å². The van der Waals surface area contributed by atoms with Gasteiger partial charge < -0.3 is 28.4 Å². The minimum atomic E-state index is 0.224. The van der Waals surface area contributed by atoms with Gasteiger partial charge in [0.15, 0.2) is 23.0 Å². The molecule has 1 aliphatic carbocycles. The van der Waals surface area contributed by atoms with Crippen LogP contribution in [-0.2, 0) is 0 Å². The van der Waals surface area contributed by atoms with Crippen molar-refractivity contribution in [1.29, 1.82) is 0 Å². The van der Waals surface area contributed by atoms with Crippen molar-refractivity contribution < 1.29 is 28.4 Å². The maximum atomic E-state index is 5.74. The molecule has 30 heavy (non-hydrogen) atoms. The zero-order chi connectivity index (χ0) is 22.0. The van der Waals surface area contributed by atoms with Crippen LogP contribution >= 0.6 is 0 Å². The van der Waals surface area contributed by atoms with E-state index in [-0.39, 0.29) is 11.8 Å². The van der Waals surface area contributed by atoms with Crippen LogP contribution in [0.25, 0.3) is 0 Å². The van der Waals surface area contributed by atoms with Crippen LogP contribution in [0, 0.1) is 11.8 Å². The minimum Gasteiger partial charge on any atom is -0.496 e. The van der Waals surface area contributed by atoms with Crippen LogP contribution in [0.3, 0.4) is 0 Å². The molecule has 0 amide bonds. The van der Waals surface area contributed by atoms with Gasteiger partial charge in [0.2, 0.25) is 0 Å². The lowest BCUT2D eigenvalue weighted by Crippen LogP contribution is -2.40. The van der Waals surface area contributed by atoms with Crippen LogP contribution in [-0.4, -0.2) is 42.7 Å². The maximum Gasteiger partial charge on any atom is 0.164 e. The molecule has 1 saturated carbocycles. The summed E-state index contributed by atoms with van der Waals surface area (Å²) >= 11 is 0. The Kier molecular flexibility index (Phi) is 6.54. The minimum absolute atomic E-state index is 0.224. The molecule has 4 atom stereocenters. The van der Waals surface area contributed by atoms with Crippen molar-refractivity contribution in [3.8, 4) is 34.5 Å². The number of rotatable bonds is 8. The Morgan fingerprint density at radius 3 is 0.967 bits per heavy atom. The molecule has 6 nitrogen and oxygen atoms in total. The predicted molar refractivity (Wildman–Crippen MR) is 116 cm³/mol. The molecule has 0 saturated heterocycles. The molecule has 1 fully saturated rings. The quantitative estimate of drug-likeness (QED) is 0.611. The first-order valence-corrected chi connectivity index (χ1v) is 10.0. The van der Waals surface area contributed by atoms with E-state index >= 15 is 0 Å². The third-order valence-electron chi connectivity index (χ3n) is 6.54. The van der Waals surface area contributed by atoms with E-state index in [4.69, 9.17) is 28.4 Å². The van der Waals surface area contributed by atoms with Crippen LogP contribution in [0.5, 0.6) is 34.5 Å². The molecule has 1 aliphatic rings. The molecule has 0 N–H and O–H groups in total. The van der Waals surface area contributed by atoms with Crippen molar-refractivity contribution in [2.75, 3.05) is 42.7 Å². The van der Waals surface area contributed by atoms with Gasteiger partial charge in [-0.15, -0.1) is 0 Å². The number of ether oxygens (including phenoxy) is 6. The fourth-order valence-electron chi connectivity index (χ4n) is 4.74. The molecule has 0 unspecified atom stereocenters. The van der Waals surface area contributed by atoms with Gasteiger partial charge in [-0.1, -0.05) is 13.8 Å². The molecular formula is C24H32O6. The lowest BCUT2D eigenvalue weighted by molar-refractivity contribution is 0.117. The second-order valence-electron chi connectivity index (χ2n) is 7.67. The van der Waals surface area contributed by atoms with E-state index in [9.17, 15) is 0 Å². The van der Waals surface area contributed by atoms with Crippen LogP contribution in [0.1, 0.15) is 36.8 Å².